The molecule has 0 aliphatic carbocycles. The molecular weight excluding hydrogens is 287 g/mol. The average Bonchev–Trinajstić information content (AvgIpc) is 2.74. The number of amides is 1. The van der Waals surface area contributed by atoms with Crippen molar-refractivity contribution in [3.8, 4) is 0 Å². The monoisotopic (exact) mass is 300 g/mol. The van der Waals surface area contributed by atoms with Crippen molar-refractivity contribution in [1.82, 2.24) is 4.57 Å². The van der Waals surface area contributed by atoms with Crippen LogP contribution in [0.25, 0.3) is 11.1 Å². The van der Waals surface area contributed by atoms with E-state index >= 15 is 0 Å². The maximum atomic E-state index is 13.2. The molecule has 0 aliphatic heterocycles. The van der Waals surface area contributed by atoms with Crippen LogP contribution in [0.2, 0.25) is 0 Å². The minimum atomic E-state index is -0.475. The van der Waals surface area contributed by atoms with Gasteiger partial charge in [-0.2, -0.15) is 0 Å². The lowest BCUT2D eigenvalue weighted by Gasteiger charge is -2.09. The second kappa shape index (κ2) is 5.14. The van der Waals surface area contributed by atoms with Crippen molar-refractivity contribution >= 4 is 22.7 Å². The Morgan fingerprint density at radius 2 is 2.05 bits per heavy atom. The molecule has 3 aromatic rings. The zero-order valence-electron chi connectivity index (χ0n) is 12.0. The van der Waals surface area contributed by atoms with Crippen molar-refractivity contribution in [2.45, 2.75) is 6.92 Å². The maximum Gasteiger partial charge on any atom is 0.419 e. The van der Waals surface area contributed by atoms with Crippen LogP contribution < -0.4 is 11.1 Å². The molecule has 5 nitrogen and oxygen atoms in total. The fourth-order valence-corrected chi connectivity index (χ4v) is 2.23. The molecule has 0 atom stereocenters. The fourth-order valence-electron chi connectivity index (χ4n) is 2.23. The largest absolute Gasteiger partial charge is 0.419 e. The van der Waals surface area contributed by atoms with Gasteiger partial charge in [0.05, 0.1) is 5.52 Å². The Hall–Kier alpha value is -2.89. The summed E-state index contributed by atoms with van der Waals surface area (Å²) in [5.41, 5.74) is 2.53. The van der Waals surface area contributed by atoms with Gasteiger partial charge in [-0.1, -0.05) is 6.07 Å². The van der Waals surface area contributed by atoms with Crippen LogP contribution in [0.3, 0.4) is 0 Å². The second-order valence-corrected chi connectivity index (χ2v) is 5.03. The van der Waals surface area contributed by atoms with Crippen molar-refractivity contribution in [3.63, 3.8) is 0 Å². The van der Waals surface area contributed by atoms with Crippen molar-refractivity contribution < 1.29 is 13.6 Å². The van der Waals surface area contributed by atoms with Crippen LogP contribution in [0.1, 0.15) is 15.9 Å². The number of carbonyl (C=O) groups is 1. The number of aryl methyl sites for hydroxylation is 2. The summed E-state index contributed by atoms with van der Waals surface area (Å²) in [6, 6.07) is 8.77. The molecule has 0 spiro atoms. The van der Waals surface area contributed by atoms with Gasteiger partial charge in [0.1, 0.15) is 5.82 Å². The van der Waals surface area contributed by atoms with Crippen LogP contribution in [0, 0.1) is 12.7 Å². The van der Waals surface area contributed by atoms with E-state index in [0.29, 0.717) is 16.8 Å². The van der Waals surface area contributed by atoms with Crippen LogP contribution in [0.4, 0.5) is 10.1 Å². The molecule has 22 heavy (non-hydrogen) atoms. The third-order valence-corrected chi connectivity index (χ3v) is 3.47. The highest BCUT2D eigenvalue weighted by Crippen LogP contribution is 2.23. The number of nitrogens with zero attached hydrogens (tertiary/aromatic N) is 1. The predicted molar refractivity (Wildman–Crippen MR) is 80.5 cm³/mol. The molecule has 112 valence electrons. The molecule has 0 radical (unpaired) electrons. The lowest BCUT2D eigenvalue weighted by Crippen LogP contribution is -2.13. The number of oxazole rings is 1. The van der Waals surface area contributed by atoms with Gasteiger partial charge in [0, 0.05) is 18.3 Å². The molecule has 3 rings (SSSR count). The van der Waals surface area contributed by atoms with E-state index in [2.05, 4.69) is 5.32 Å². The number of benzene rings is 2. The highest BCUT2D eigenvalue weighted by Gasteiger charge is 2.12. The third kappa shape index (κ3) is 2.39. The first kappa shape index (κ1) is 14.1. The van der Waals surface area contributed by atoms with Crippen LogP contribution in [0.5, 0.6) is 0 Å². The van der Waals surface area contributed by atoms with Crippen LogP contribution in [0.15, 0.2) is 45.6 Å². The van der Waals surface area contributed by atoms with Crippen molar-refractivity contribution in [2.75, 3.05) is 5.32 Å². The number of nitrogens with one attached hydrogen (secondary N) is 1. The Kier molecular flexibility index (Phi) is 3.29. The van der Waals surface area contributed by atoms with E-state index in [1.807, 2.05) is 0 Å². The molecule has 1 aromatic heterocycles. The van der Waals surface area contributed by atoms with Crippen molar-refractivity contribution in [2.24, 2.45) is 7.05 Å². The van der Waals surface area contributed by atoms with Crippen molar-refractivity contribution in [3.05, 3.63) is 63.9 Å². The number of aromatic nitrogens is 1. The molecule has 1 N–H and O–H groups in total. The molecule has 0 saturated carbocycles. The number of halogens is 1. The molecular formula is C16H13FN2O3. The van der Waals surface area contributed by atoms with Crippen LogP contribution >= 0.6 is 0 Å². The van der Waals surface area contributed by atoms with Crippen LogP contribution in [-0.2, 0) is 7.05 Å². The fraction of sp³-hybridized carbons (Fsp3) is 0.125. The van der Waals surface area contributed by atoms with Gasteiger partial charge >= 0.3 is 5.76 Å². The van der Waals surface area contributed by atoms with Gasteiger partial charge in [0.15, 0.2) is 5.58 Å². The van der Waals surface area contributed by atoms with E-state index in [4.69, 9.17) is 4.42 Å². The first-order chi connectivity index (χ1) is 10.5. The van der Waals surface area contributed by atoms with Gasteiger partial charge in [-0.25, -0.2) is 9.18 Å². The van der Waals surface area contributed by atoms with E-state index in [1.54, 1.807) is 26.1 Å². The molecule has 0 aliphatic rings. The molecule has 0 unspecified atom stereocenters. The topological polar surface area (TPSA) is 64.2 Å². The first-order valence-electron chi connectivity index (χ1n) is 6.63. The van der Waals surface area contributed by atoms with Gasteiger partial charge in [-0.15, -0.1) is 0 Å². The number of rotatable bonds is 2. The highest BCUT2D eigenvalue weighted by molar-refractivity contribution is 6.05. The normalized spacial score (nSPS) is 10.9. The Bertz CT molecular complexity index is 940. The van der Waals surface area contributed by atoms with E-state index in [9.17, 15) is 14.0 Å². The number of anilines is 1. The number of fused-ring (bicyclic) bond motifs is 1. The summed E-state index contributed by atoms with van der Waals surface area (Å²) in [5, 5.41) is 2.72. The smallest absolute Gasteiger partial charge is 0.408 e. The van der Waals surface area contributed by atoms with E-state index in [0.717, 1.165) is 11.6 Å². The predicted octanol–water partition coefficient (Wildman–Crippen LogP) is 2.83. The maximum absolute atomic E-state index is 13.2. The second-order valence-electron chi connectivity index (χ2n) is 5.03. The summed E-state index contributed by atoms with van der Waals surface area (Å²) in [6.07, 6.45) is 0. The lowest BCUT2D eigenvalue weighted by atomic mass is 10.1. The molecule has 2 aromatic carbocycles. The summed E-state index contributed by atoms with van der Waals surface area (Å²) in [6.45, 7) is 1.79. The molecule has 1 heterocycles. The van der Waals surface area contributed by atoms with Crippen LogP contribution in [-0.4, -0.2) is 10.5 Å². The van der Waals surface area contributed by atoms with Gasteiger partial charge in [-0.3, -0.25) is 9.36 Å². The zero-order chi connectivity index (χ0) is 15.9. The Morgan fingerprint density at radius 3 is 2.77 bits per heavy atom. The van der Waals surface area contributed by atoms with E-state index in [1.165, 1.54) is 22.8 Å². The third-order valence-electron chi connectivity index (χ3n) is 3.47. The average molecular weight is 300 g/mol. The SMILES string of the molecule is Cc1cc2oc(=O)n(C)c2cc1NC(=O)c1cccc(F)c1. The molecule has 6 heteroatoms. The molecule has 1 amide bonds. The van der Waals surface area contributed by atoms with Crippen molar-refractivity contribution in [1.29, 1.82) is 0 Å². The Morgan fingerprint density at radius 1 is 1.27 bits per heavy atom. The quantitative estimate of drug-likeness (QED) is 0.791. The Labute approximate surface area is 125 Å². The first-order valence-corrected chi connectivity index (χ1v) is 6.63. The summed E-state index contributed by atoms with van der Waals surface area (Å²) in [5.74, 6) is -1.37. The minimum absolute atomic E-state index is 0.223. The lowest BCUT2D eigenvalue weighted by molar-refractivity contribution is 0.102. The van der Waals surface area contributed by atoms with Gasteiger partial charge in [0.25, 0.3) is 5.91 Å². The summed E-state index contributed by atoms with van der Waals surface area (Å²) in [7, 11) is 1.58. The summed E-state index contributed by atoms with van der Waals surface area (Å²) >= 11 is 0. The summed E-state index contributed by atoms with van der Waals surface area (Å²) < 4.78 is 19.6. The van der Waals surface area contributed by atoms with Gasteiger partial charge in [-0.05, 0) is 42.8 Å². The molecule has 0 bridgehead atoms. The molecule has 0 fully saturated rings. The highest BCUT2D eigenvalue weighted by atomic mass is 19.1. The van der Waals surface area contributed by atoms with E-state index < -0.39 is 17.5 Å². The van der Waals surface area contributed by atoms with Gasteiger partial charge < -0.3 is 9.73 Å². The van der Waals surface area contributed by atoms with Gasteiger partial charge in [0.2, 0.25) is 0 Å². The molecule has 0 saturated heterocycles. The Balaban J connectivity index is 2.00. The standard InChI is InChI=1S/C16H13FN2O3/c1-9-6-14-13(19(2)16(21)22-14)8-12(9)18-15(20)10-4-3-5-11(17)7-10/h3-8H,1-2H3,(H,18,20). The summed E-state index contributed by atoms with van der Waals surface area (Å²) in [4.78, 5) is 23.7. The zero-order valence-corrected chi connectivity index (χ0v) is 12.0. The number of hydrogen-bond donors (Lipinski definition) is 1. The number of carbonyl (C=O) groups excluding carboxylic acids is 1. The minimum Gasteiger partial charge on any atom is -0.408 e. The van der Waals surface area contributed by atoms with E-state index in [-0.39, 0.29) is 5.56 Å². The number of hydrogen-bond acceptors (Lipinski definition) is 3.